The summed E-state index contributed by atoms with van der Waals surface area (Å²) in [5, 5.41) is 3.79. The van der Waals surface area contributed by atoms with E-state index in [-0.39, 0.29) is 5.75 Å². The Balaban J connectivity index is 1.78. The molecule has 5 heteroatoms. The van der Waals surface area contributed by atoms with Gasteiger partial charge in [0.2, 0.25) is 0 Å². The zero-order valence-corrected chi connectivity index (χ0v) is 20.7. The number of rotatable bonds is 5. The van der Waals surface area contributed by atoms with Crippen LogP contribution in [0.1, 0.15) is 0 Å². The molecule has 0 spiro atoms. The van der Waals surface area contributed by atoms with E-state index in [0.29, 0.717) is 11.1 Å². The molecular weight excluding hydrogens is 479 g/mol. The summed E-state index contributed by atoms with van der Waals surface area (Å²) in [5.41, 5.74) is 4.97. The normalized spacial score (nSPS) is 11.6. The third kappa shape index (κ3) is 4.54. The van der Waals surface area contributed by atoms with E-state index < -0.39 is 7.82 Å². The molecule has 0 radical (unpaired) electrons. The topological polar surface area (TPSA) is 66.8 Å². The summed E-state index contributed by atoms with van der Waals surface area (Å²) in [7, 11) is -4.89. The molecular formula is C32H23O4P. The van der Waals surface area contributed by atoms with Crippen LogP contribution < -0.4 is 4.52 Å². The molecule has 0 heterocycles. The fourth-order valence-electron chi connectivity index (χ4n) is 4.96. The Morgan fingerprint density at radius 2 is 1.05 bits per heavy atom. The van der Waals surface area contributed by atoms with Gasteiger partial charge in [-0.25, -0.2) is 4.57 Å². The van der Waals surface area contributed by atoms with Crippen molar-refractivity contribution < 1.29 is 18.9 Å². The lowest BCUT2D eigenvalue weighted by molar-refractivity contribution is 0.284. The molecule has 0 unspecified atom stereocenters. The van der Waals surface area contributed by atoms with E-state index in [2.05, 4.69) is 30.3 Å². The van der Waals surface area contributed by atoms with Crippen molar-refractivity contribution in [1.29, 1.82) is 0 Å². The number of fused-ring (bicyclic) bond motifs is 2. The van der Waals surface area contributed by atoms with Gasteiger partial charge in [0.25, 0.3) is 0 Å². The van der Waals surface area contributed by atoms with Crippen molar-refractivity contribution in [3.05, 3.63) is 127 Å². The first kappa shape index (κ1) is 23.2. The van der Waals surface area contributed by atoms with Crippen molar-refractivity contribution >= 4 is 29.4 Å². The molecule has 0 bridgehead atoms. The first-order chi connectivity index (χ1) is 18.0. The highest BCUT2D eigenvalue weighted by molar-refractivity contribution is 7.46. The van der Waals surface area contributed by atoms with Crippen molar-refractivity contribution in [1.82, 2.24) is 0 Å². The quantitative estimate of drug-likeness (QED) is 0.232. The van der Waals surface area contributed by atoms with Gasteiger partial charge in [0, 0.05) is 11.1 Å². The Bertz CT molecular complexity index is 1790. The van der Waals surface area contributed by atoms with E-state index in [1.165, 1.54) is 0 Å². The van der Waals surface area contributed by atoms with Crippen LogP contribution in [0.3, 0.4) is 0 Å². The third-order valence-electron chi connectivity index (χ3n) is 6.53. The Labute approximate surface area is 214 Å². The summed E-state index contributed by atoms with van der Waals surface area (Å²) in [6.07, 6.45) is 0. The maximum Gasteiger partial charge on any atom is 0.524 e. The van der Waals surface area contributed by atoms with Gasteiger partial charge in [0.1, 0.15) is 5.75 Å². The van der Waals surface area contributed by atoms with Crippen LogP contribution in [0.25, 0.3) is 54.9 Å². The summed E-state index contributed by atoms with van der Waals surface area (Å²) in [5.74, 6) is 0.161. The summed E-state index contributed by atoms with van der Waals surface area (Å²) in [6, 6.07) is 41.7. The Hall–Kier alpha value is -4.21. The van der Waals surface area contributed by atoms with Crippen molar-refractivity contribution in [3.8, 4) is 39.1 Å². The Morgan fingerprint density at radius 3 is 1.70 bits per heavy atom. The maximum absolute atomic E-state index is 12.3. The van der Waals surface area contributed by atoms with Crippen LogP contribution in [0.15, 0.2) is 127 Å². The maximum atomic E-state index is 12.3. The number of hydrogen-bond donors (Lipinski definition) is 2. The minimum atomic E-state index is -4.89. The summed E-state index contributed by atoms with van der Waals surface area (Å²) in [6.45, 7) is 0. The molecule has 0 aliphatic carbocycles. The monoisotopic (exact) mass is 502 g/mol. The molecule has 0 amide bonds. The largest absolute Gasteiger partial charge is 0.524 e. The van der Waals surface area contributed by atoms with Gasteiger partial charge in [-0.1, -0.05) is 109 Å². The van der Waals surface area contributed by atoms with Crippen LogP contribution in [0.2, 0.25) is 0 Å². The van der Waals surface area contributed by atoms with Crippen molar-refractivity contribution in [2.75, 3.05) is 0 Å². The van der Waals surface area contributed by atoms with E-state index in [0.717, 1.165) is 43.8 Å². The molecule has 4 nitrogen and oxygen atoms in total. The van der Waals surface area contributed by atoms with Gasteiger partial charge in [-0.3, -0.25) is 9.79 Å². The summed E-state index contributed by atoms with van der Waals surface area (Å²) < 4.78 is 17.9. The molecule has 0 aromatic heterocycles. The van der Waals surface area contributed by atoms with Gasteiger partial charge in [0.15, 0.2) is 0 Å². The second-order valence-corrected chi connectivity index (χ2v) is 10.1. The van der Waals surface area contributed by atoms with E-state index in [1.54, 1.807) is 0 Å². The molecule has 6 aromatic rings. The van der Waals surface area contributed by atoms with Gasteiger partial charge in [-0.05, 0) is 62.0 Å². The summed E-state index contributed by atoms with van der Waals surface area (Å²) in [4.78, 5) is 20.0. The van der Waals surface area contributed by atoms with Crippen LogP contribution in [-0.2, 0) is 4.57 Å². The molecule has 0 aliphatic heterocycles. The minimum absolute atomic E-state index is 0.161. The first-order valence-electron chi connectivity index (χ1n) is 11.9. The lowest BCUT2D eigenvalue weighted by atomic mass is 9.87. The smallest absolute Gasteiger partial charge is 0.403 e. The summed E-state index contributed by atoms with van der Waals surface area (Å²) >= 11 is 0. The van der Waals surface area contributed by atoms with Gasteiger partial charge in [0.05, 0.1) is 0 Å². The fraction of sp³-hybridized carbons (Fsp3) is 0. The zero-order chi connectivity index (χ0) is 25.4. The van der Waals surface area contributed by atoms with Crippen LogP contribution in [0.5, 0.6) is 5.75 Å². The minimum Gasteiger partial charge on any atom is -0.403 e. The van der Waals surface area contributed by atoms with Crippen molar-refractivity contribution in [3.63, 3.8) is 0 Å². The first-order valence-corrected chi connectivity index (χ1v) is 13.5. The third-order valence-corrected chi connectivity index (χ3v) is 6.96. The molecule has 0 saturated heterocycles. The molecule has 0 atom stereocenters. The van der Waals surface area contributed by atoms with Crippen LogP contribution >= 0.6 is 7.82 Å². The number of hydrogen-bond acceptors (Lipinski definition) is 2. The molecule has 37 heavy (non-hydrogen) atoms. The van der Waals surface area contributed by atoms with Crippen molar-refractivity contribution in [2.45, 2.75) is 0 Å². The van der Waals surface area contributed by atoms with Crippen LogP contribution in [0, 0.1) is 0 Å². The highest BCUT2D eigenvalue weighted by atomic mass is 31.2. The highest BCUT2D eigenvalue weighted by Crippen LogP contribution is 2.52. The van der Waals surface area contributed by atoms with Gasteiger partial charge in [-0.15, -0.1) is 0 Å². The van der Waals surface area contributed by atoms with Gasteiger partial charge >= 0.3 is 7.82 Å². The zero-order valence-electron chi connectivity index (χ0n) is 19.8. The average Bonchev–Trinajstić information content (AvgIpc) is 2.92. The molecule has 0 saturated carbocycles. The van der Waals surface area contributed by atoms with Gasteiger partial charge < -0.3 is 4.52 Å². The predicted molar refractivity (Wildman–Crippen MR) is 150 cm³/mol. The Kier molecular flexibility index (Phi) is 5.86. The van der Waals surface area contributed by atoms with Gasteiger partial charge in [-0.2, -0.15) is 0 Å². The second-order valence-electron chi connectivity index (χ2n) is 8.91. The SMILES string of the molecule is O=P(O)(O)Oc1c(-c2ccccc2)cc2ccccc2c1-c1cc(-c2ccccc2)cc2ccccc12. The Morgan fingerprint density at radius 1 is 0.514 bits per heavy atom. The number of benzene rings is 6. The molecule has 6 aromatic carbocycles. The van der Waals surface area contributed by atoms with E-state index in [9.17, 15) is 14.4 Å². The highest BCUT2D eigenvalue weighted by Gasteiger charge is 2.26. The van der Waals surface area contributed by atoms with Crippen molar-refractivity contribution in [2.24, 2.45) is 0 Å². The standard InChI is InChI=1S/C32H23O4P/c33-37(34,35)36-32-29(23-13-5-2-6-14-23)20-25-16-8-10-18-28(25)31(32)30-21-26(22-11-3-1-4-12-22)19-24-15-7-9-17-27(24)30/h1-21H,(H2,33,34,35). The fourth-order valence-corrected chi connectivity index (χ4v) is 5.38. The molecule has 180 valence electrons. The van der Waals surface area contributed by atoms with E-state index in [1.807, 2.05) is 97.1 Å². The number of phosphoric acid groups is 1. The average molecular weight is 503 g/mol. The van der Waals surface area contributed by atoms with Crippen LogP contribution in [0.4, 0.5) is 0 Å². The van der Waals surface area contributed by atoms with Crippen LogP contribution in [-0.4, -0.2) is 9.79 Å². The lowest BCUT2D eigenvalue weighted by Crippen LogP contribution is -1.98. The van der Waals surface area contributed by atoms with E-state index in [4.69, 9.17) is 4.52 Å². The molecule has 2 N–H and O–H groups in total. The molecule has 0 aliphatic rings. The molecule has 6 rings (SSSR count). The predicted octanol–water partition coefficient (Wildman–Crippen LogP) is 8.47. The van der Waals surface area contributed by atoms with E-state index >= 15 is 0 Å². The second kappa shape index (κ2) is 9.34. The number of phosphoric ester groups is 1. The lowest BCUT2D eigenvalue weighted by Gasteiger charge is -2.21. The molecule has 0 fully saturated rings.